The molecule has 2 aromatic rings. The number of pyridine rings is 2. The molecule has 2 aromatic heterocycles. The molecule has 2 atom stereocenters. The first kappa shape index (κ1) is 12.7. The summed E-state index contributed by atoms with van der Waals surface area (Å²) in [5.74, 6) is 0. The maximum absolute atomic E-state index is 6.10. The summed E-state index contributed by atoms with van der Waals surface area (Å²) in [5.41, 5.74) is 14.2. The van der Waals surface area contributed by atoms with Gasteiger partial charge < -0.3 is 11.5 Å². The molecule has 2 unspecified atom stereocenters. The van der Waals surface area contributed by atoms with Gasteiger partial charge in [-0.05, 0) is 24.3 Å². The number of nitrogens with zero attached hydrogens (tertiary/aromatic N) is 2. The van der Waals surface area contributed by atoms with Crippen LogP contribution < -0.4 is 11.5 Å². The third-order valence-electron chi connectivity index (χ3n) is 2.89. The fraction of sp³-hybridized carbons (Fsp3) is 0.286. The van der Waals surface area contributed by atoms with Crippen LogP contribution in [0.5, 0.6) is 0 Å². The van der Waals surface area contributed by atoms with Crippen LogP contribution in [0.4, 0.5) is 0 Å². The molecule has 94 valence electrons. The third kappa shape index (κ3) is 3.61. The molecule has 0 amide bonds. The summed E-state index contributed by atoms with van der Waals surface area (Å²) >= 11 is 0. The molecule has 0 bridgehead atoms. The van der Waals surface area contributed by atoms with Crippen molar-refractivity contribution in [3.05, 3.63) is 60.2 Å². The molecule has 2 heterocycles. The lowest BCUT2D eigenvalue weighted by atomic mass is 9.99. The highest BCUT2D eigenvalue weighted by Crippen LogP contribution is 2.04. The second-order valence-electron chi connectivity index (χ2n) is 4.38. The van der Waals surface area contributed by atoms with Crippen LogP contribution >= 0.6 is 0 Å². The smallest absolute Gasteiger partial charge is 0.0419 e. The summed E-state index contributed by atoms with van der Waals surface area (Å²) < 4.78 is 0. The van der Waals surface area contributed by atoms with Crippen molar-refractivity contribution in [1.29, 1.82) is 0 Å². The average Bonchev–Trinajstić information content (AvgIpc) is 2.41. The molecular weight excluding hydrogens is 224 g/mol. The second-order valence-corrected chi connectivity index (χ2v) is 4.38. The van der Waals surface area contributed by atoms with E-state index in [1.165, 1.54) is 0 Å². The number of hydrogen-bond acceptors (Lipinski definition) is 4. The summed E-state index contributed by atoms with van der Waals surface area (Å²) in [5, 5.41) is 0. The molecule has 0 saturated heterocycles. The third-order valence-corrected chi connectivity index (χ3v) is 2.89. The first-order valence-electron chi connectivity index (χ1n) is 6.06. The molecule has 0 radical (unpaired) electrons. The van der Waals surface area contributed by atoms with E-state index in [0.29, 0.717) is 12.8 Å². The number of nitrogens with two attached hydrogens (primary N) is 2. The predicted octanol–water partition coefficient (Wildman–Crippen LogP) is 0.916. The van der Waals surface area contributed by atoms with E-state index in [2.05, 4.69) is 9.97 Å². The van der Waals surface area contributed by atoms with E-state index < -0.39 is 0 Å². The van der Waals surface area contributed by atoms with Gasteiger partial charge in [-0.25, -0.2) is 0 Å². The quantitative estimate of drug-likeness (QED) is 0.817. The Morgan fingerprint density at radius 2 is 1.22 bits per heavy atom. The van der Waals surface area contributed by atoms with Gasteiger partial charge in [0.05, 0.1) is 0 Å². The van der Waals surface area contributed by atoms with Crippen molar-refractivity contribution in [2.24, 2.45) is 11.5 Å². The Bertz CT molecular complexity index is 412. The summed E-state index contributed by atoms with van der Waals surface area (Å²) in [6.07, 6.45) is 4.92. The monoisotopic (exact) mass is 242 g/mol. The van der Waals surface area contributed by atoms with Gasteiger partial charge in [-0.1, -0.05) is 12.1 Å². The van der Waals surface area contributed by atoms with Crippen LogP contribution in [0.25, 0.3) is 0 Å². The van der Waals surface area contributed by atoms with Crippen LogP contribution in [0.2, 0.25) is 0 Å². The van der Waals surface area contributed by atoms with Gasteiger partial charge in [-0.3, -0.25) is 9.97 Å². The normalized spacial score (nSPS) is 14.1. The summed E-state index contributed by atoms with van der Waals surface area (Å²) in [7, 11) is 0. The molecule has 4 nitrogen and oxygen atoms in total. The van der Waals surface area contributed by atoms with Gasteiger partial charge in [0, 0.05) is 48.7 Å². The minimum Gasteiger partial charge on any atom is -0.326 e. The van der Waals surface area contributed by atoms with Crippen LogP contribution in [-0.4, -0.2) is 22.1 Å². The fourth-order valence-electron chi connectivity index (χ4n) is 1.82. The average molecular weight is 242 g/mol. The zero-order valence-corrected chi connectivity index (χ0v) is 10.2. The van der Waals surface area contributed by atoms with Crippen molar-refractivity contribution in [2.45, 2.75) is 24.9 Å². The fourth-order valence-corrected chi connectivity index (χ4v) is 1.82. The predicted molar refractivity (Wildman–Crippen MR) is 71.8 cm³/mol. The largest absolute Gasteiger partial charge is 0.326 e. The van der Waals surface area contributed by atoms with Crippen molar-refractivity contribution < 1.29 is 0 Å². The van der Waals surface area contributed by atoms with Crippen LogP contribution in [-0.2, 0) is 12.8 Å². The molecule has 2 rings (SSSR count). The maximum atomic E-state index is 6.10. The van der Waals surface area contributed by atoms with Gasteiger partial charge in [-0.2, -0.15) is 0 Å². The van der Waals surface area contributed by atoms with E-state index >= 15 is 0 Å². The molecule has 0 aliphatic carbocycles. The van der Waals surface area contributed by atoms with Gasteiger partial charge in [-0.15, -0.1) is 0 Å². The molecule has 0 aliphatic rings. The Morgan fingerprint density at radius 1 is 0.778 bits per heavy atom. The van der Waals surface area contributed by atoms with Gasteiger partial charge in [0.25, 0.3) is 0 Å². The van der Waals surface area contributed by atoms with Crippen molar-refractivity contribution in [1.82, 2.24) is 9.97 Å². The number of rotatable bonds is 5. The van der Waals surface area contributed by atoms with Crippen LogP contribution in [0.1, 0.15) is 11.4 Å². The molecule has 0 spiro atoms. The highest BCUT2D eigenvalue weighted by atomic mass is 14.8. The van der Waals surface area contributed by atoms with Crippen LogP contribution in [0, 0.1) is 0 Å². The first-order valence-corrected chi connectivity index (χ1v) is 6.06. The lowest BCUT2D eigenvalue weighted by Gasteiger charge is -2.19. The Kier molecular flexibility index (Phi) is 4.39. The van der Waals surface area contributed by atoms with E-state index in [1.54, 1.807) is 12.4 Å². The van der Waals surface area contributed by atoms with E-state index in [9.17, 15) is 0 Å². The minimum absolute atomic E-state index is 0.109. The van der Waals surface area contributed by atoms with Gasteiger partial charge >= 0.3 is 0 Å². The van der Waals surface area contributed by atoms with Crippen LogP contribution in [0.15, 0.2) is 48.8 Å². The Hall–Kier alpha value is -1.78. The Labute approximate surface area is 107 Å². The molecule has 0 fully saturated rings. The van der Waals surface area contributed by atoms with Gasteiger partial charge in [0.15, 0.2) is 0 Å². The lowest BCUT2D eigenvalue weighted by molar-refractivity contribution is 0.511. The van der Waals surface area contributed by atoms with E-state index in [4.69, 9.17) is 11.5 Å². The zero-order valence-electron chi connectivity index (χ0n) is 10.2. The lowest BCUT2D eigenvalue weighted by Crippen LogP contribution is -2.44. The summed E-state index contributed by atoms with van der Waals surface area (Å²) in [6, 6.07) is 11.4. The van der Waals surface area contributed by atoms with E-state index in [-0.39, 0.29) is 12.1 Å². The van der Waals surface area contributed by atoms with Crippen molar-refractivity contribution in [2.75, 3.05) is 0 Å². The molecule has 4 N–H and O–H groups in total. The summed E-state index contributed by atoms with van der Waals surface area (Å²) in [6.45, 7) is 0. The Morgan fingerprint density at radius 3 is 1.56 bits per heavy atom. The molecular formula is C14H18N4. The van der Waals surface area contributed by atoms with E-state index in [0.717, 1.165) is 11.4 Å². The van der Waals surface area contributed by atoms with Gasteiger partial charge in [0.1, 0.15) is 0 Å². The van der Waals surface area contributed by atoms with E-state index in [1.807, 2.05) is 36.4 Å². The molecule has 0 saturated carbocycles. The van der Waals surface area contributed by atoms with Crippen LogP contribution in [0.3, 0.4) is 0 Å². The summed E-state index contributed by atoms with van der Waals surface area (Å²) in [4.78, 5) is 8.51. The highest BCUT2D eigenvalue weighted by Gasteiger charge is 2.15. The number of hydrogen-bond donors (Lipinski definition) is 2. The molecule has 0 aromatic carbocycles. The second kappa shape index (κ2) is 6.23. The standard InChI is InChI=1S/C14H18N4/c15-13(9-11-5-1-3-7-17-11)14(16)10-12-6-2-4-8-18-12/h1-8,13-14H,9-10,15-16H2. The van der Waals surface area contributed by atoms with Crippen molar-refractivity contribution in [3.63, 3.8) is 0 Å². The van der Waals surface area contributed by atoms with Gasteiger partial charge in [0.2, 0.25) is 0 Å². The SMILES string of the molecule is NC(Cc1ccccn1)C(N)Cc1ccccn1. The van der Waals surface area contributed by atoms with Crippen molar-refractivity contribution in [3.8, 4) is 0 Å². The molecule has 4 heteroatoms. The molecule has 0 aliphatic heterocycles. The minimum atomic E-state index is -0.109. The highest BCUT2D eigenvalue weighted by molar-refractivity contribution is 5.09. The topological polar surface area (TPSA) is 77.8 Å². The zero-order chi connectivity index (χ0) is 12.8. The first-order chi connectivity index (χ1) is 8.75. The molecule has 18 heavy (non-hydrogen) atoms. The number of aromatic nitrogens is 2. The van der Waals surface area contributed by atoms with Crippen molar-refractivity contribution >= 4 is 0 Å². The maximum Gasteiger partial charge on any atom is 0.0419 e. The Balaban J connectivity index is 1.91.